The Labute approximate surface area is 102 Å². The van der Waals surface area contributed by atoms with E-state index in [1.807, 2.05) is 13.8 Å². The second kappa shape index (κ2) is 4.47. The predicted octanol–water partition coefficient (Wildman–Crippen LogP) is 2.95. The smallest absolute Gasteiger partial charge is 0.185 e. The van der Waals surface area contributed by atoms with Crippen LogP contribution in [0.2, 0.25) is 0 Å². The molecule has 0 saturated heterocycles. The zero-order valence-corrected chi connectivity index (χ0v) is 10.6. The molecule has 1 saturated carbocycles. The fourth-order valence-corrected chi connectivity index (χ4v) is 2.33. The molecule has 92 valence electrons. The molecule has 3 heteroatoms. The molecule has 1 N–H and O–H groups in total. The molecule has 0 unspecified atom stereocenters. The number of Topliss-reactive ketones (excluding diaryl/α,β-unsaturated/α-hetero) is 1. The minimum atomic E-state index is 0.131. The molecule has 0 aliphatic heterocycles. The van der Waals surface area contributed by atoms with Crippen LogP contribution >= 0.6 is 0 Å². The van der Waals surface area contributed by atoms with E-state index in [1.165, 1.54) is 12.8 Å². The van der Waals surface area contributed by atoms with E-state index in [9.17, 15) is 4.79 Å². The Bertz CT molecular complexity index is 426. The summed E-state index contributed by atoms with van der Waals surface area (Å²) < 4.78 is 0. The maximum absolute atomic E-state index is 12.3. The van der Waals surface area contributed by atoms with Gasteiger partial charge in [0, 0.05) is 11.1 Å². The van der Waals surface area contributed by atoms with Crippen LogP contribution in [0.3, 0.4) is 0 Å². The third-order valence-electron chi connectivity index (χ3n) is 3.69. The molecule has 0 aromatic rings. The van der Waals surface area contributed by atoms with Gasteiger partial charge in [0.1, 0.15) is 5.71 Å². The molecule has 0 heterocycles. The highest BCUT2D eigenvalue weighted by atomic mass is 16.4. The van der Waals surface area contributed by atoms with Gasteiger partial charge in [-0.2, -0.15) is 0 Å². The van der Waals surface area contributed by atoms with Crippen molar-refractivity contribution in [3.05, 3.63) is 23.3 Å². The molecular formula is C14H19NO2. The fourth-order valence-electron chi connectivity index (χ4n) is 2.33. The lowest BCUT2D eigenvalue weighted by Gasteiger charge is -2.21. The first-order chi connectivity index (χ1) is 8.04. The number of carbonyl (C=O) groups excluding carboxylic acids is 1. The van der Waals surface area contributed by atoms with E-state index in [0.717, 1.165) is 11.1 Å². The summed E-state index contributed by atoms with van der Waals surface area (Å²) in [4.78, 5) is 12.3. The lowest BCUT2D eigenvalue weighted by atomic mass is 9.82. The van der Waals surface area contributed by atoms with Crippen LogP contribution in [0, 0.1) is 17.8 Å². The minimum Gasteiger partial charge on any atom is -0.410 e. The molecule has 0 aromatic heterocycles. The summed E-state index contributed by atoms with van der Waals surface area (Å²) >= 11 is 0. The number of hydrogen-bond acceptors (Lipinski definition) is 3. The number of hydrogen-bond donors (Lipinski definition) is 1. The van der Waals surface area contributed by atoms with Crippen molar-refractivity contribution in [1.82, 2.24) is 0 Å². The normalized spacial score (nSPS) is 24.9. The van der Waals surface area contributed by atoms with Crippen molar-refractivity contribution in [3.8, 4) is 0 Å². The summed E-state index contributed by atoms with van der Waals surface area (Å²) in [6, 6.07) is 0. The number of allylic oxidation sites excluding steroid dienone is 4. The van der Waals surface area contributed by atoms with Crippen molar-refractivity contribution in [2.75, 3.05) is 0 Å². The van der Waals surface area contributed by atoms with E-state index >= 15 is 0 Å². The van der Waals surface area contributed by atoms with E-state index in [4.69, 9.17) is 5.21 Å². The van der Waals surface area contributed by atoms with Crippen molar-refractivity contribution in [1.29, 1.82) is 0 Å². The average molecular weight is 233 g/mol. The highest BCUT2D eigenvalue weighted by molar-refractivity contribution is 6.22. The zero-order chi connectivity index (χ0) is 12.6. The molecule has 1 atom stereocenters. The van der Waals surface area contributed by atoms with Gasteiger partial charge >= 0.3 is 0 Å². The lowest BCUT2D eigenvalue weighted by Crippen LogP contribution is -2.22. The first-order valence-corrected chi connectivity index (χ1v) is 6.24. The van der Waals surface area contributed by atoms with Gasteiger partial charge in [-0.25, -0.2) is 0 Å². The molecule has 0 bridgehead atoms. The summed E-state index contributed by atoms with van der Waals surface area (Å²) in [6.07, 6.45) is 5.84. The summed E-state index contributed by atoms with van der Waals surface area (Å²) in [5.74, 6) is 1.21. The largest absolute Gasteiger partial charge is 0.410 e. The van der Waals surface area contributed by atoms with Gasteiger partial charge in [-0.05, 0) is 42.7 Å². The van der Waals surface area contributed by atoms with Gasteiger partial charge in [-0.15, -0.1) is 0 Å². The van der Waals surface area contributed by atoms with Crippen molar-refractivity contribution < 1.29 is 10.0 Å². The Hall–Kier alpha value is -1.38. The van der Waals surface area contributed by atoms with Crippen LogP contribution in [0.5, 0.6) is 0 Å². The Kier molecular flexibility index (Phi) is 3.18. The van der Waals surface area contributed by atoms with Gasteiger partial charge in [0.05, 0.1) is 0 Å². The minimum absolute atomic E-state index is 0.131. The average Bonchev–Trinajstić information content (AvgIpc) is 3.12. The van der Waals surface area contributed by atoms with E-state index in [-0.39, 0.29) is 17.6 Å². The van der Waals surface area contributed by atoms with Crippen molar-refractivity contribution in [2.45, 2.75) is 33.6 Å². The third kappa shape index (κ3) is 2.33. The quantitative estimate of drug-likeness (QED) is 0.463. The van der Waals surface area contributed by atoms with Crippen molar-refractivity contribution in [3.63, 3.8) is 0 Å². The highest BCUT2D eigenvalue weighted by Crippen LogP contribution is 2.41. The van der Waals surface area contributed by atoms with Crippen LogP contribution in [0.15, 0.2) is 28.5 Å². The van der Waals surface area contributed by atoms with Gasteiger partial charge in [-0.1, -0.05) is 25.9 Å². The number of ketones is 1. The Morgan fingerprint density at radius 2 is 1.82 bits per heavy atom. The third-order valence-corrected chi connectivity index (χ3v) is 3.69. The molecule has 1 fully saturated rings. The number of nitrogens with zero attached hydrogens (tertiary/aromatic N) is 1. The molecule has 2 rings (SSSR count). The van der Waals surface area contributed by atoms with Crippen LogP contribution in [-0.2, 0) is 4.79 Å². The molecule has 0 radical (unpaired) electrons. The van der Waals surface area contributed by atoms with Crippen LogP contribution in [-0.4, -0.2) is 16.7 Å². The monoisotopic (exact) mass is 233 g/mol. The van der Waals surface area contributed by atoms with Crippen LogP contribution < -0.4 is 0 Å². The second-order valence-corrected chi connectivity index (χ2v) is 5.33. The number of carbonyl (C=O) groups is 1. The van der Waals surface area contributed by atoms with E-state index in [1.54, 1.807) is 12.2 Å². The maximum atomic E-state index is 12.3. The van der Waals surface area contributed by atoms with E-state index in [2.05, 4.69) is 12.1 Å². The van der Waals surface area contributed by atoms with Crippen LogP contribution in [0.25, 0.3) is 0 Å². The van der Waals surface area contributed by atoms with Crippen LogP contribution in [0.4, 0.5) is 0 Å². The van der Waals surface area contributed by atoms with Gasteiger partial charge in [0.2, 0.25) is 0 Å². The van der Waals surface area contributed by atoms with E-state index < -0.39 is 0 Å². The summed E-state index contributed by atoms with van der Waals surface area (Å²) in [7, 11) is 0. The SMILES string of the molecule is CC(C)C1=C/C(=N\O)C=C([C@H](C)C2CC2)C1=O. The lowest BCUT2D eigenvalue weighted by molar-refractivity contribution is -0.113. The standard InChI is InChI=1S/C14H19NO2/c1-8(2)12-6-11(15-17)7-13(14(12)16)9(3)10-4-5-10/h6-10,17H,4-5H2,1-3H3/b15-11+/t9-/m1/s1. The first-order valence-electron chi connectivity index (χ1n) is 6.24. The van der Waals surface area contributed by atoms with Gasteiger partial charge < -0.3 is 5.21 Å². The molecular weight excluding hydrogens is 214 g/mol. The molecule has 2 aliphatic rings. The molecule has 3 nitrogen and oxygen atoms in total. The Morgan fingerprint density at radius 3 is 2.29 bits per heavy atom. The number of rotatable bonds is 3. The fraction of sp³-hybridized carbons (Fsp3) is 0.571. The van der Waals surface area contributed by atoms with Gasteiger partial charge in [-0.3, -0.25) is 4.79 Å². The summed E-state index contributed by atoms with van der Waals surface area (Å²) in [5, 5.41) is 12.2. The summed E-state index contributed by atoms with van der Waals surface area (Å²) in [6.45, 7) is 6.08. The molecule has 0 aromatic carbocycles. The Morgan fingerprint density at radius 1 is 1.24 bits per heavy atom. The molecule has 17 heavy (non-hydrogen) atoms. The molecule has 0 amide bonds. The van der Waals surface area contributed by atoms with Gasteiger partial charge in [0.15, 0.2) is 5.78 Å². The Balaban J connectivity index is 2.32. The zero-order valence-electron chi connectivity index (χ0n) is 10.6. The van der Waals surface area contributed by atoms with Crippen molar-refractivity contribution >= 4 is 11.5 Å². The summed E-state index contributed by atoms with van der Waals surface area (Å²) in [5.41, 5.74) is 2.06. The van der Waals surface area contributed by atoms with Crippen molar-refractivity contribution in [2.24, 2.45) is 22.9 Å². The molecule has 2 aliphatic carbocycles. The highest BCUT2D eigenvalue weighted by Gasteiger charge is 2.35. The topological polar surface area (TPSA) is 49.7 Å². The number of oxime groups is 1. The molecule has 0 spiro atoms. The first kappa shape index (κ1) is 12.1. The maximum Gasteiger partial charge on any atom is 0.185 e. The van der Waals surface area contributed by atoms with Gasteiger partial charge in [0.25, 0.3) is 0 Å². The second-order valence-electron chi connectivity index (χ2n) is 5.33. The van der Waals surface area contributed by atoms with Crippen LogP contribution in [0.1, 0.15) is 33.6 Å². The predicted molar refractivity (Wildman–Crippen MR) is 67.1 cm³/mol. The van der Waals surface area contributed by atoms with E-state index in [0.29, 0.717) is 11.6 Å².